The number of rotatable bonds is 7. The molecule has 0 saturated carbocycles. The summed E-state index contributed by atoms with van der Waals surface area (Å²) >= 11 is 7.61. The minimum atomic E-state index is -3.38. The molecular weight excluding hydrogens is 470 g/mol. The second kappa shape index (κ2) is 9.01. The zero-order valence-corrected chi connectivity index (χ0v) is 19.8. The largest absolute Gasteiger partial charge is 0.462 e. The van der Waals surface area contributed by atoms with Crippen molar-refractivity contribution in [2.75, 3.05) is 30.9 Å². The lowest BCUT2D eigenvalue weighted by molar-refractivity contribution is 0.0528. The van der Waals surface area contributed by atoms with Crippen molar-refractivity contribution in [1.82, 2.24) is 0 Å². The Bertz CT molecular complexity index is 1300. The zero-order valence-electron chi connectivity index (χ0n) is 17.4. The molecule has 1 saturated heterocycles. The van der Waals surface area contributed by atoms with Gasteiger partial charge in [-0.25, -0.2) is 13.2 Å². The Balaban J connectivity index is 1.82. The summed E-state index contributed by atoms with van der Waals surface area (Å²) in [6.07, 6.45) is 1.11. The first-order chi connectivity index (χ1) is 15.3. The van der Waals surface area contributed by atoms with Crippen LogP contribution in [0.1, 0.15) is 17.3 Å². The monoisotopic (exact) mass is 489 g/mol. The van der Waals surface area contributed by atoms with Crippen LogP contribution < -0.4 is 4.90 Å². The quantitative estimate of drug-likeness (QED) is 0.235. The number of anilines is 1. The molecule has 0 N–H and O–H groups in total. The molecule has 0 atom stereocenters. The molecule has 2 heterocycles. The first-order valence-electron chi connectivity index (χ1n) is 9.85. The Morgan fingerprint density at radius 1 is 1.16 bits per heavy atom. The van der Waals surface area contributed by atoms with Crippen LogP contribution in [-0.4, -0.2) is 40.3 Å². The van der Waals surface area contributed by atoms with Gasteiger partial charge in [0, 0.05) is 24.9 Å². The normalized spacial score (nSPS) is 13.5. The molecule has 1 aliphatic rings. The maximum absolute atomic E-state index is 12.9. The average molecular weight is 490 g/mol. The van der Waals surface area contributed by atoms with Crippen LogP contribution in [0.15, 0.2) is 63.7 Å². The third-order valence-corrected chi connectivity index (χ3v) is 7.29. The molecule has 4 rings (SSSR count). The van der Waals surface area contributed by atoms with Gasteiger partial charge in [0.1, 0.15) is 21.3 Å². The van der Waals surface area contributed by atoms with E-state index in [1.54, 1.807) is 6.92 Å². The lowest BCUT2D eigenvalue weighted by Crippen LogP contribution is -2.08. The van der Waals surface area contributed by atoms with E-state index < -0.39 is 15.8 Å². The number of hydrogen-bond donors (Lipinski definition) is 0. The molecule has 0 bridgehead atoms. The molecule has 0 amide bonds. The molecule has 166 valence electrons. The fourth-order valence-electron chi connectivity index (χ4n) is 3.12. The fraction of sp³-hybridized carbons (Fsp3) is 0.227. The number of halogens is 1. The topological polar surface area (TPSA) is 88.2 Å². The summed E-state index contributed by atoms with van der Waals surface area (Å²) in [6, 6.07) is 13.8. The number of esters is 1. The summed E-state index contributed by atoms with van der Waals surface area (Å²) in [5.41, 5.74) is 2.29. The Hall–Kier alpha value is -2.75. The number of ether oxygens (including phenoxy) is 1. The molecule has 32 heavy (non-hydrogen) atoms. The number of hydrogen-bond acceptors (Lipinski definition) is 8. The number of azo groups is 1. The molecule has 0 unspecified atom stereocenters. The standard InChI is InChI=1S/C22H20ClN3O4S2/c1-3-30-22(27)19-18(14-7-5-4-6-8-14)20(31-21(19)26-11-12-26)25-24-17-10-9-15(13-16(17)23)32(2,28)29/h4-10,13H,3,11-12H2,1-2H3. The van der Waals surface area contributed by atoms with Gasteiger partial charge < -0.3 is 9.64 Å². The summed E-state index contributed by atoms with van der Waals surface area (Å²) in [5.74, 6) is -0.401. The second-order valence-electron chi connectivity index (χ2n) is 7.12. The van der Waals surface area contributed by atoms with Crippen molar-refractivity contribution in [2.24, 2.45) is 10.2 Å². The van der Waals surface area contributed by atoms with Crippen LogP contribution in [-0.2, 0) is 14.6 Å². The zero-order chi connectivity index (χ0) is 22.9. The molecule has 10 heteroatoms. The lowest BCUT2D eigenvalue weighted by atomic mass is 10.0. The van der Waals surface area contributed by atoms with Gasteiger partial charge >= 0.3 is 5.97 Å². The number of benzene rings is 2. The Kier molecular flexibility index (Phi) is 6.32. The van der Waals surface area contributed by atoms with Crippen LogP contribution in [0.3, 0.4) is 0 Å². The third-order valence-electron chi connectivity index (χ3n) is 4.74. The van der Waals surface area contributed by atoms with Crippen LogP contribution in [0.5, 0.6) is 0 Å². The third kappa shape index (κ3) is 4.69. The number of nitrogens with zero attached hydrogens (tertiary/aromatic N) is 3. The number of thiophene rings is 1. The lowest BCUT2D eigenvalue weighted by Gasteiger charge is -2.08. The first kappa shape index (κ1) is 22.4. The summed E-state index contributed by atoms with van der Waals surface area (Å²) in [5, 5.41) is 10.2. The predicted molar refractivity (Wildman–Crippen MR) is 127 cm³/mol. The molecule has 1 aromatic heterocycles. The van der Waals surface area contributed by atoms with E-state index in [0.717, 1.165) is 29.9 Å². The molecule has 7 nitrogen and oxygen atoms in total. The summed E-state index contributed by atoms with van der Waals surface area (Å²) in [6.45, 7) is 3.75. The average Bonchev–Trinajstić information content (AvgIpc) is 3.53. The maximum Gasteiger partial charge on any atom is 0.341 e. The summed E-state index contributed by atoms with van der Waals surface area (Å²) < 4.78 is 28.8. The van der Waals surface area contributed by atoms with E-state index in [4.69, 9.17) is 16.3 Å². The number of carbonyl (C=O) groups excluding carboxylic acids is 1. The number of sulfone groups is 1. The first-order valence-corrected chi connectivity index (χ1v) is 12.9. The van der Waals surface area contributed by atoms with E-state index in [1.165, 1.54) is 29.5 Å². The molecule has 0 aliphatic carbocycles. The highest BCUT2D eigenvalue weighted by molar-refractivity contribution is 7.90. The SMILES string of the molecule is CCOC(=O)c1c(N2CC2)sc(N=Nc2ccc(S(C)(=O)=O)cc2Cl)c1-c1ccccc1. The highest BCUT2D eigenvalue weighted by Gasteiger charge is 2.32. The molecule has 0 radical (unpaired) electrons. The molecule has 1 fully saturated rings. The van der Waals surface area contributed by atoms with Crippen LogP contribution in [0.25, 0.3) is 11.1 Å². The van der Waals surface area contributed by atoms with Crippen LogP contribution in [0.2, 0.25) is 5.02 Å². The highest BCUT2D eigenvalue weighted by atomic mass is 35.5. The summed E-state index contributed by atoms with van der Waals surface area (Å²) in [7, 11) is -3.38. The van der Waals surface area contributed by atoms with Gasteiger partial charge in [-0.15, -0.1) is 10.2 Å². The molecule has 2 aromatic carbocycles. The van der Waals surface area contributed by atoms with Crippen LogP contribution in [0.4, 0.5) is 15.7 Å². The van der Waals surface area contributed by atoms with E-state index >= 15 is 0 Å². The van der Waals surface area contributed by atoms with Crippen molar-refractivity contribution in [1.29, 1.82) is 0 Å². The van der Waals surface area contributed by atoms with Gasteiger partial charge in [0.15, 0.2) is 9.84 Å². The molecular formula is C22H20ClN3O4S2. The molecule has 3 aromatic rings. The number of carbonyl (C=O) groups is 1. The maximum atomic E-state index is 12.9. The van der Waals surface area contributed by atoms with Gasteiger partial charge in [-0.3, -0.25) is 0 Å². The Morgan fingerprint density at radius 3 is 2.47 bits per heavy atom. The van der Waals surface area contributed by atoms with E-state index in [1.807, 2.05) is 30.3 Å². The van der Waals surface area contributed by atoms with Crippen molar-refractivity contribution < 1.29 is 17.9 Å². The van der Waals surface area contributed by atoms with Gasteiger partial charge in [-0.05, 0) is 30.7 Å². The minimum absolute atomic E-state index is 0.107. The van der Waals surface area contributed by atoms with Gasteiger partial charge in [0.05, 0.1) is 16.5 Å². The van der Waals surface area contributed by atoms with Gasteiger partial charge in [-0.1, -0.05) is 53.3 Å². The van der Waals surface area contributed by atoms with Crippen molar-refractivity contribution in [3.8, 4) is 11.1 Å². The molecule has 0 spiro atoms. The minimum Gasteiger partial charge on any atom is -0.462 e. The van der Waals surface area contributed by atoms with Crippen molar-refractivity contribution in [3.63, 3.8) is 0 Å². The fourth-order valence-corrected chi connectivity index (χ4v) is 5.23. The van der Waals surface area contributed by atoms with Gasteiger partial charge in [0.2, 0.25) is 0 Å². The van der Waals surface area contributed by atoms with Crippen molar-refractivity contribution in [2.45, 2.75) is 11.8 Å². The smallest absolute Gasteiger partial charge is 0.341 e. The van der Waals surface area contributed by atoms with Gasteiger partial charge in [-0.2, -0.15) is 0 Å². The Labute approximate surface area is 195 Å². The van der Waals surface area contributed by atoms with E-state index in [2.05, 4.69) is 15.1 Å². The summed E-state index contributed by atoms with van der Waals surface area (Å²) in [4.78, 5) is 15.1. The van der Waals surface area contributed by atoms with E-state index in [9.17, 15) is 13.2 Å². The van der Waals surface area contributed by atoms with Crippen molar-refractivity contribution in [3.05, 3.63) is 59.1 Å². The van der Waals surface area contributed by atoms with E-state index in [0.29, 0.717) is 21.8 Å². The van der Waals surface area contributed by atoms with Crippen LogP contribution >= 0.6 is 22.9 Å². The van der Waals surface area contributed by atoms with Crippen LogP contribution in [0, 0.1) is 0 Å². The van der Waals surface area contributed by atoms with Crippen molar-refractivity contribution >= 4 is 54.4 Å². The van der Waals surface area contributed by atoms with E-state index in [-0.39, 0.29) is 16.5 Å². The van der Waals surface area contributed by atoms with Gasteiger partial charge in [0.25, 0.3) is 0 Å². The molecule has 1 aliphatic heterocycles. The predicted octanol–water partition coefficient (Wildman–Crippen LogP) is 5.88. The highest BCUT2D eigenvalue weighted by Crippen LogP contribution is 2.49. The Morgan fingerprint density at radius 2 is 1.88 bits per heavy atom. The second-order valence-corrected chi connectivity index (χ2v) is 10.5.